The van der Waals surface area contributed by atoms with Crippen LogP contribution in [0.25, 0.3) is 0 Å². The normalized spacial score (nSPS) is 13.7. The van der Waals surface area contributed by atoms with Crippen LogP contribution in [0, 0.1) is 0 Å². The van der Waals surface area contributed by atoms with E-state index in [4.69, 9.17) is 0 Å². The molecule has 0 saturated heterocycles. The molecule has 0 atom stereocenters. The Morgan fingerprint density at radius 1 is 1.00 bits per heavy atom. The highest BCUT2D eigenvalue weighted by Gasteiger charge is 2.26. The molecule has 14 heavy (non-hydrogen) atoms. The minimum atomic E-state index is -0.786. The van der Waals surface area contributed by atoms with E-state index in [1.54, 1.807) is 17.0 Å². The Labute approximate surface area is 97.3 Å². The minimum absolute atomic E-state index is 0.00193. The first-order valence-electron chi connectivity index (χ1n) is 5.62. The van der Waals surface area contributed by atoms with E-state index in [2.05, 4.69) is 45.8 Å². The van der Waals surface area contributed by atoms with Crippen LogP contribution in [0.4, 0.5) is 0 Å². The average molecular weight is 260 g/mol. The van der Waals surface area contributed by atoms with Crippen LogP contribution in [0.1, 0.15) is 0 Å². The Morgan fingerprint density at radius 2 is 1.50 bits per heavy atom. The van der Waals surface area contributed by atoms with Crippen molar-refractivity contribution in [1.29, 1.82) is 0 Å². The van der Waals surface area contributed by atoms with Gasteiger partial charge in [0.25, 0.3) is 0 Å². The lowest BCUT2D eigenvalue weighted by atomic mass is 11.7. The fraction of sp³-hybridized carbons (Fsp3) is 1.00. The molecular weight excluding hydrogens is 232 g/mol. The summed E-state index contributed by atoms with van der Waals surface area (Å²) in [5.41, 5.74) is 4.85. The number of hydrogen-bond donors (Lipinski definition) is 0. The van der Waals surface area contributed by atoms with Gasteiger partial charge in [-0.05, 0) is 0 Å². The SMILES string of the molecule is C[Si]C[Si](C)(C)C[Si](C)C[Si](C)(C)C. The van der Waals surface area contributed by atoms with Crippen molar-refractivity contribution in [2.75, 3.05) is 0 Å². The first-order valence-corrected chi connectivity index (χ1v) is 16.9. The van der Waals surface area contributed by atoms with Gasteiger partial charge < -0.3 is 0 Å². The third-order valence-corrected chi connectivity index (χ3v) is 20.4. The maximum atomic E-state index is 2.60. The Hall–Kier alpha value is 0.868. The summed E-state index contributed by atoms with van der Waals surface area (Å²) in [6.45, 7) is 17.7. The molecule has 0 aromatic heterocycles. The van der Waals surface area contributed by atoms with Crippen LogP contribution in [-0.4, -0.2) is 34.5 Å². The van der Waals surface area contributed by atoms with E-state index in [0.717, 1.165) is 0 Å². The second-order valence-corrected chi connectivity index (χ2v) is 22.9. The van der Waals surface area contributed by atoms with Gasteiger partial charge in [0.2, 0.25) is 0 Å². The molecule has 0 aliphatic heterocycles. The van der Waals surface area contributed by atoms with Crippen molar-refractivity contribution in [2.24, 2.45) is 0 Å². The van der Waals surface area contributed by atoms with Crippen LogP contribution in [0.5, 0.6) is 0 Å². The van der Waals surface area contributed by atoms with Crippen molar-refractivity contribution in [2.45, 2.75) is 62.8 Å². The summed E-state index contributed by atoms with van der Waals surface area (Å²) >= 11 is 0. The van der Waals surface area contributed by atoms with Gasteiger partial charge in [-0.15, -0.1) is 0 Å². The fourth-order valence-electron chi connectivity index (χ4n) is 2.33. The van der Waals surface area contributed by atoms with Gasteiger partial charge in [-0.2, -0.15) is 0 Å². The van der Waals surface area contributed by atoms with Gasteiger partial charge in [0.15, 0.2) is 0 Å². The van der Waals surface area contributed by atoms with Gasteiger partial charge in [-0.3, -0.25) is 0 Å². The molecule has 0 nitrogen and oxygen atoms in total. The van der Waals surface area contributed by atoms with Crippen LogP contribution >= 0.6 is 0 Å². The topological polar surface area (TPSA) is 0 Å². The van der Waals surface area contributed by atoms with Crippen molar-refractivity contribution in [3.63, 3.8) is 0 Å². The zero-order chi connectivity index (χ0) is 11.4. The Kier molecular flexibility index (Phi) is 6.18. The van der Waals surface area contributed by atoms with Gasteiger partial charge in [0.05, 0.1) is 0 Å². The van der Waals surface area contributed by atoms with Gasteiger partial charge in [-0.1, -0.05) is 62.8 Å². The van der Waals surface area contributed by atoms with Crippen LogP contribution in [0.2, 0.25) is 62.8 Å². The zero-order valence-corrected chi connectivity index (χ0v) is 15.1. The smallest absolute Gasteiger partial charge is 0.0415 e. The number of hydrogen-bond acceptors (Lipinski definition) is 0. The standard InChI is InChI=1S/C10H27Si4/c1-11-8-14(6,7)10-12(2)9-13(3,4)5/h8-10H2,1-7H3. The number of rotatable bonds is 6. The summed E-state index contributed by atoms with van der Waals surface area (Å²) in [5, 5.41) is 0. The molecule has 0 heterocycles. The molecule has 0 spiro atoms. The first-order chi connectivity index (χ1) is 6.16. The van der Waals surface area contributed by atoms with Gasteiger partial charge in [0, 0.05) is 34.5 Å². The second-order valence-electron chi connectivity index (χ2n) is 6.57. The molecule has 0 bridgehead atoms. The third-order valence-electron chi connectivity index (χ3n) is 2.27. The zero-order valence-electron chi connectivity index (χ0n) is 11.1. The van der Waals surface area contributed by atoms with E-state index in [0.29, 0.717) is 0 Å². The van der Waals surface area contributed by atoms with Crippen LogP contribution < -0.4 is 0 Å². The molecule has 0 N–H and O–H groups in total. The van der Waals surface area contributed by atoms with Crippen molar-refractivity contribution in [3.8, 4) is 0 Å². The molecule has 0 amide bonds. The Balaban J connectivity index is 3.98. The predicted molar refractivity (Wildman–Crippen MR) is 78.5 cm³/mol. The predicted octanol–water partition coefficient (Wildman–Crippen LogP) is 3.95. The summed E-state index contributed by atoms with van der Waals surface area (Å²) in [6.07, 6.45) is 0. The third kappa shape index (κ3) is 8.20. The lowest BCUT2D eigenvalue weighted by molar-refractivity contribution is 1.49. The van der Waals surface area contributed by atoms with Crippen molar-refractivity contribution < 1.29 is 0 Å². The molecule has 83 valence electrons. The summed E-state index contributed by atoms with van der Waals surface area (Å²) in [6, 6.07) is 0. The first kappa shape index (κ1) is 14.9. The summed E-state index contributed by atoms with van der Waals surface area (Å²) in [7, 11) is -0.372. The molecule has 0 rings (SSSR count). The van der Waals surface area contributed by atoms with Crippen LogP contribution in [0.15, 0.2) is 0 Å². The molecule has 0 unspecified atom stereocenters. The van der Waals surface area contributed by atoms with E-state index < -0.39 is 16.1 Å². The average Bonchev–Trinajstić information content (AvgIpc) is 1.78. The fourth-order valence-corrected chi connectivity index (χ4v) is 23.2. The van der Waals surface area contributed by atoms with E-state index in [-0.39, 0.29) is 8.80 Å². The largest absolute Gasteiger partial charge is 0.0735 e. The summed E-state index contributed by atoms with van der Waals surface area (Å²) < 4.78 is 0. The van der Waals surface area contributed by atoms with Crippen molar-refractivity contribution in [3.05, 3.63) is 0 Å². The highest BCUT2D eigenvalue weighted by Crippen LogP contribution is 2.21. The quantitative estimate of drug-likeness (QED) is 0.634. The van der Waals surface area contributed by atoms with E-state index in [9.17, 15) is 0 Å². The molecule has 3 radical (unpaired) electrons. The monoisotopic (exact) mass is 259 g/mol. The van der Waals surface area contributed by atoms with E-state index in [1.807, 2.05) is 0 Å². The Bertz CT molecular complexity index is 160. The van der Waals surface area contributed by atoms with Crippen LogP contribution in [0.3, 0.4) is 0 Å². The lowest BCUT2D eigenvalue weighted by Crippen LogP contribution is -2.37. The molecule has 0 aliphatic rings. The highest BCUT2D eigenvalue weighted by molar-refractivity contribution is 6.96. The Morgan fingerprint density at radius 3 is 1.86 bits per heavy atom. The molecule has 0 saturated carbocycles. The van der Waals surface area contributed by atoms with Gasteiger partial charge >= 0.3 is 0 Å². The minimum Gasteiger partial charge on any atom is -0.0735 e. The van der Waals surface area contributed by atoms with Crippen molar-refractivity contribution >= 4 is 34.5 Å². The molecule has 4 heteroatoms. The molecule has 0 aromatic carbocycles. The van der Waals surface area contributed by atoms with E-state index in [1.165, 1.54) is 9.52 Å². The van der Waals surface area contributed by atoms with Gasteiger partial charge in [-0.25, -0.2) is 0 Å². The molecule has 0 aromatic rings. The van der Waals surface area contributed by atoms with Crippen molar-refractivity contribution in [1.82, 2.24) is 0 Å². The van der Waals surface area contributed by atoms with E-state index >= 15 is 0 Å². The summed E-state index contributed by atoms with van der Waals surface area (Å²) in [5.74, 6) is 0. The lowest BCUT2D eigenvalue weighted by Gasteiger charge is -2.28. The summed E-state index contributed by atoms with van der Waals surface area (Å²) in [4.78, 5) is 0. The highest BCUT2D eigenvalue weighted by atomic mass is 28.4. The second kappa shape index (κ2) is 5.82. The maximum absolute atomic E-state index is 2.60. The molecular formula is C10H27Si4. The molecule has 0 fully saturated rings. The maximum Gasteiger partial charge on any atom is 0.0415 e. The van der Waals surface area contributed by atoms with Gasteiger partial charge in [0.1, 0.15) is 0 Å². The molecule has 0 aliphatic carbocycles. The van der Waals surface area contributed by atoms with Crippen LogP contribution in [-0.2, 0) is 0 Å².